The van der Waals surface area contributed by atoms with Gasteiger partial charge in [0.25, 0.3) is 0 Å². The van der Waals surface area contributed by atoms with Gasteiger partial charge in [-0.25, -0.2) is 0 Å². The minimum Gasteiger partial charge on any atom is -0.466 e. The normalized spacial score (nSPS) is 12.5. The van der Waals surface area contributed by atoms with E-state index in [1.165, 1.54) is 334 Å². The van der Waals surface area contributed by atoms with E-state index in [4.69, 9.17) is 4.74 Å². The van der Waals surface area contributed by atoms with Crippen LogP contribution in [0.1, 0.15) is 406 Å². The van der Waals surface area contributed by atoms with Gasteiger partial charge in [-0.1, -0.05) is 353 Å². The number of hydrogen-bond acceptors (Lipinski definition) is 5. The number of aliphatic hydroxyl groups is 2. The van der Waals surface area contributed by atoms with Crippen molar-refractivity contribution >= 4 is 11.9 Å². The standard InChI is InChI=1S/C71H139NO5/c1-3-5-7-9-11-13-15-44-47-51-55-59-63-69(74)68(67-73)72-70(75)64-60-56-52-48-45-41-39-37-35-33-31-29-27-25-23-21-19-17-16-18-20-22-24-26-28-30-32-34-36-38-40-42-46-50-54-58-62-66-77-71(76)65-61-57-53-49-43-14-12-10-8-6-4-2/h16,18,68-69,73-74H,3-15,17,19-67H2,1-2H3,(H,72,75)/b18-16-. The quantitative estimate of drug-likeness (QED) is 0.0320. The van der Waals surface area contributed by atoms with Crippen molar-refractivity contribution in [3.63, 3.8) is 0 Å². The third-order valence-corrected chi connectivity index (χ3v) is 16.8. The Morgan fingerprint density at radius 1 is 0.351 bits per heavy atom. The van der Waals surface area contributed by atoms with Gasteiger partial charge in [0.2, 0.25) is 5.91 Å². The molecule has 0 radical (unpaired) electrons. The van der Waals surface area contributed by atoms with Gasteiger partial charge in [-0.05, 0) is 51.4 Å². The van der Waals surface area contributed by atoms with Crippen LogP contribution in [0.25, 0.3) is 0 Å². The lowest BCUT2D eigenvalue weighted by Crippen LogP contribution is -2.45. The molecule has 2 unspecified atom stereocenters. The summed E-state index contributed by atoms with van der Waals surface area (Å²) < 4.78 is 5.48. The zero-order valence-corrected chi connectivity index (χ0v) is 52.5. The first-order valence-electron chi connectivity index (χ1n) is 35.4. The molecular weight excluding hydrogens is 947 g/mol. The summed E-state index contributed by atoms with van der Waals surface area (Å²) >= 11 is 0. The molecule has 0 aromatic rings. The zero-order chi connectivity index (χ0) is 55.7. The lowest BCUT2D eigenvalue weighted by atomic mass is 10.0. The van der Waals surface area contributed by atoms with Gasteiger partial charge in [-0.2, -0.15) is 0 Å². The number of nitrogens with one attached hydrogen (secondary N) is 1. The van der Waals surface area contributed by atoms with Crippen molar-refractivity contribution in [2.45, 2.75) is 418 Å². The molecule has 2 atom stereocenters. The molecule has 0 spiro atoms. The second-order valence-corrected chi connectivity index (χ2v) is 24.6. The maximum atomic E-state index is 12.5. The maximum Gasteiger partial charge on any atom is 0.305 e. The number of carbonyl (C=O) groups excluding carboxylic acids is 2. The summed E-state index contributed by atoms with van der Waals surface area (Å²) in [6.45, 7) is 4.98. The summed E-state index contributed by atoms with van der Waals surface area (Å²) in [5.74, 6) is -0.00726. The molecule has 0 aromatic carbocycles. The first kappa shape index (κ1) is 75.6. The molecule has 0 heterocycles. The minimum atomic E-state index is -0.659. The Morgan fingerprint density at radius 3 is 0.922 bits per heavy atom. The van der Waals surface area contributed by atoms with Gasteiger partial charge in [-0.3, -0.25) is 9.59 Å². The molecule has 77 heavy (non-hydrogen) atoms. The fourth-order valence-corrected chi connectivity index (χ4v) is 11.4. The Morgan fingerprint density at radius 2 is 0.610 bits per heavy atom. The number of rotatable bonds is 67. The van der Waals surface area contributed by atoms with Crippen LogP contribution in [0.2, 0.25) is 0 Å². The van der Waals surface area contributed by atoms with Crippen LogP contribution in [-0.4, -0.2) is 47.4 Å². The zero-order valence-electron chi connectivity index (χ0n) is 52.5. The molecule has 0 saturated heterocycles. The van der Waals surface area contributed by atoms with Gasteiger partial charge < -0.3 is 20.3 Å². The van der Waals surface area contributed by atoms with E-state index in [1.54, 1.807) is 0 Å². The molecular formula is C71H139NO5. The third kappa shape index (κ3) is 63.6. The summed E-state index contributed by atoms with van der Waals surface area (Å²) in [5.41, 5.74) is 0. The number of amides is 1. The topological polar surface area (TPSA) is 95.9 Å². The predicted molar refractivity (Wildman–Crippen MR) is 338 cm³/mol. The average molecular weight is 1090 g/mol. The minimum absolute atomic E-state index is 0.0218. The summed E-state index contributed by atoms with van der Waals surface area (Å²) in [4.78, 5) is 24.5. The molecule has 6 nitrogen and oxygen atoms in total. The third-order valence-electron chi connectivity index (χ3n) is 16.8. The van der Waals surface area contributed by atoms with Gasteiger partial charge in [0.15, 0.2) is 0 Å². The molecule has 3 N–H and O–H groups in total. The van der Waals surface area contributed by atoms with Crippen molar-refractivity contribution in [2.24, 2.45) is 0 Å². The Labute approximate surface area is 482 Å². The number of esters is 1. The molecule has 0 aliphatic carbocycles. The number of aliphatic hydroxyl groups excluding tert-OH is 2. The summed E-state index contributed by atoms with van der Waals surface area (Å²) in [5, 5.41) is 23.3. The molecule has 0 bridgehead atoms. The van der Waals surface area contributed by atoms with E-state index < -0.39 is 12.1 Å². The number of unbranched alkanes of at least 4 members (excludes halogenated alkanes) is 54. The fraction of sp³-hybridized carbons (Fsp3) is 0.944. The molecule has 0 aliphatic heterocycles. The molecule has 0 aliphatic rings. The van der Waals surface area contributed by atoms with Crippen LogP contribution in [0.3, 0.4) is 0 Å². The summed E-state index contributed by atoms with van der Waals surface area (Å²) in [6, 6.07) is -0.536. The fourth-order valence-electron chi connectivity index (χ4n) is 11.4. The Kier molecular flexibility index (Phi) is 65.9. The monoisotopic (exact) mass is 1090 g/mol. The molecule has 0 aromatic heterocycles. The van der Waals surface area contributed by atoms with Crippen molar-refractivity contribution in [1.29, 1.82) is 0 Å². The first-order chi connectivity index (χ1) is 38.0. The molecule has 0 rings (SSSR count). The van der Waals surface area contributed by atoms with E-state index in [1.807, 2.05) is 0 Å². The van der Waals surface area contributed by atoms with Gasteiger partial charge in [0.05, 0.1) is 25.4 Å². The summed E-state index contributed by atoms with van der Waals surface area (Å²) in [6.07, 6.45) is 82.8. The van der Waals surface area contributed by atoms with Crippen LogP contribution in [0.5, 0.6) is 0 Å². The molecule has 0 saturated carbocycles. The van der Waals surface area contributed by atoms with E-state index in [0.29, 0.717) is 25.9 Å². The van der Waals surface area contributed by atoms with E-state index in [0.717, 1.165) is 38.5 Å². The average Bonchev–Trinajstić information content (AvgIpc) is 3.43. The highest BCUT2D eigenvalue weighted by Gasteiger charge is 2.20. The van der Waals surface area contributed by atoms with Crippen molar-refractivity contribution < 1.29 is 24.5 Å². The van der Waals surface area contributed by atoms with Gasteiger partial charge in [0.1, 0.15) is 0 Å². The molecule has 6 heteroatoms. The number of allylic oxidation sites excluding steroid dienone is 2. The highest BCUT2D eigenvalue weighted by atomic mass is 16.5. The van der Waals surface area contributed by atoms with Gasteiger partial charge in [0, 0.05) is 12.8 Å². The molecule has 0 fully saturated rings. The second kappa shape index (κ2) is 67.1. The lowest BCUT2D eigenvalue weighted by molar-refractivity contribution is -0.143. The van der Waals surface area contributed by atoms with Crippen LogP contribution in [-0.2, 0) is 14.3 Å². The Balaban J connectivity index is 3.31. The van der Waals surface area contributed by atoms with E-state index in [-0.39, 0.29) is 18.5 Å². The van der Waals surface area contributed by atoms with Crippen LogP contribution in [0, 0.1) is 0 Å². The van der Waals surface area contributed by atoms with Crippen molar-refractivity contribution in [2.75, 3.05) is 13.2 Å². The van der Waals surface area contributed by atoms with Crippen LogP contribution >= 0.6 is 0 Å². The van der Waals surface area contributed by atoms with E-state index in [2.05, 4.69) is 31.3 Å². The van der Waals surface area contributed by atoms with Gasteiger partial charge >= 0.3 is 5.97 Å². The van der Waals surface area contributed by atoms with Gasteiger partial charge in [-0.15, -0.1) is 0 Å². The molecule has 1 amide bonds. The van der Waals surface area contributed by atoms with Crippen molar-refractivity contribution in [1.82, 2.24) is 5.32 Å². The maximum absolute atomic E-state index is 12.5. The van der Waals surface area contributed by atoms with E-state index in [9.17, 15) is 19.8 Å². The summed E-state index contributed by atoms with van der Waals surface area (Å²) in [7, 11) is 0. The SMILES string of the molecule is CCCCCCCCCCCCCCC(O)C(CO)NC(=O)CCCCCCCCCCCCCCCCCCC/C=C\CCCCCCCCCCCCCCCCCCOC(=O)CCCCCCCCCCCCC. The number of ether oxygens (including phenoxy) is 1. The molecule has 458 valence electrons. The largest absolute Gasteiger partial charge is 0.466 e. The van der Waals surface area contributed by atoms with Crippen LogP contribution < -0.4 is 5.32 Å². The Bertz CT molecular complexity index is 1160. The van der Waals surface area contributed by atoms with Crippen molar-refractivity contribution in [3.8, 4) is 0 Å². The predicted octanol–water partition coefficient (Wildman–Crippen LogP) is 22.8. The number of hydrogen-bond donors (Lipinski definition) is 3. The van der Waals surface area contributed by atoms with E-state index >= 15 is 0 Å². The smallest absolute Gasteiger partial charge is 0.305 e. The first-order valence-corrected chi connectivity index (χ1v) is 35.4. The Hall–Kier alpha value is -1.40. The lowest BCUT2D eigenvalue weighted by Gasteiger charge is -2.22. The highest BCUT2D eigenvalue weighted by Crippen LogP contribution is 2.19. The van der Waals surface area contributed by atoms with Crippen LogP contribution in [0.15, 0.2) is 12.2 Å². The van der Waals surface area contributed by atoms with Crippen molar-refractivity contribution in [3.05, 3.63) is 12.2 Å². The second-order valence-electron chi connectivity index (χ2n) is 24.6. The number of carbonyl (C=O) groups is 2. The van der Waals surface area contributed by atoms with Crippen LogP contribution in [0.4, 0.5) is 0 Å². The highest BCUT2D eigenvalue weighted by molar-refractivity contribution is 5.76.